The van der Waals surface area contributed by atoms with Gasteiger partial charge in [-0.3, -0.25) is 14.4 Å². The number of carbonyl (C=O) groups is 3. The van der Waals surface area contributed by atoms with Gasteiger partial charge in [0.25, 0.3) is 0 Å². The molecule has 120 valence electrons. The van der Waals surface area contributed by atoms with E-state index in [0.717, 1.165) is 0 Å². The van der Waals surface area contributed by atoms with Crippen molar-refractivity contribution in [3.05, 3.63) is 14.9 Å². The molecule has 0 saturated heterocycles. The Morgan fingerprint density at radius 3 is 1.95 bits per heavy atom. The minimum atomic E-state index is -0.747. The summed E-state index contributed by atoms with van der Waals surface area (Å²) in [6.07, 6.45) is 0. The summed E-state index contributed by atoms with van der Waals surface area (Å²) in [5.41, 5.74) is 4.50. The zero-order chi connectivity index (χ0) is 14.3. The van der Waals surface area contributed by atoms with E-state index in [9.17, 15) is 14.4 Å². The largest absolute Gasteiger partial charge is 1.00 e. The van der Waals surface area contributed by atoms with Crippen LogP contribution in [0.1, 0.15) is 27.7 Å². The van der Waals surface area contributed by atoms with Gasteiger partial charge in [-0.2, -0.15) is 0 Å². The number of rotatable bonds is 5. The summed E-state index contributed by atoms with van der Waals surface area (Å²) in [5.74, 6) is -1.44. The molecule has 0 aromatic rings. The summed E-state index contributed by atoms with van der Waals surface area (Å²) >= 11 is 0. The summed E-state index contributed by atoms with van der Waals surface area (Å²) in [6.45, 7) is 6.27. The monoisotopic (exact) mass is 555 g/mol. The number of amides is 2. The van der Waals surface area contributed by atoms with Gasteiger partial charge in [0, 0.05) is 0 Å². The standard InChI is InChI=1S/C11H21N3O4.2CH3.2Cs/c1-7(14-8(15)5-12)10(17)13-6-9(16)18-11(2,3)4;;;;/h7H,5-6,12H2,1-4H3,(H,13,17)(H,14,15);2*1H3;;/q;2*-1;2*+1. The van der Waals surface area contributed by atoms with E-state index in [-0.39, 0.29) is 166 Å². The molecule has 0 heterocycles. The fraction of sp³-hybridized carbons (Fsp3) is 0.615. The third-order valence-corrected chi connectivity index (χ3v) is 1.78. The molecule has 0 aliphatic rings. The van der Waals surface area contributed by atoms with Crippen LogP contribution in [-0.2, 0) is 19.1 Å². The number of hydrogen-bond donors (Lipinski definition) is 3. The molecule has 4 N–H and O–H groups in total. The summed E-state index contributed by atoms with van der Waals surface area (Å²) in [7, 11) is 0. The van der Waals surface area contributed by atoms with Crippen LogP contribution < -0.4 is 154 Å². The Morgan fingerprint density at radius 2 is 1.59 bits per heavy atom. The van der Waals surface area contributed by atoms with Crippen molar-refractivity contribution in [2.45, 2.75) is 39.3 Å². The van der Waals surface area contributed by atoms with Crippen LogP contribution in [0.3, 0.4) is 0 Å². The second-order valence-corrected chi connectivity index (χ2v) is 4.80. The molecule has 7 nitrogen and oxygen atoms in total. The van der Waals surface area contributed by atoms with Crippen molar-refractivity contribution in [2.75, 3.05) is 13.1 Å². The van der Waals surface area contributed by atoms with Crippen LogP contribution in [-0.4, -0.2) is 42.5 Å². The van der Waals surface area contributed by atoms with E-state index in [4.69, 9.17) is 10.5 Å². The van der Waals surface area contributed by atoms with Crippen LogP contribution in [0.15, 0.2) is 0 Å². The molecule has 0 fully saturated rings. The van der Waals surface area contributed by atoms with E-state index in [1.807, 2.05) is 0 Å². The Balaban J connectivity index is -0.000000241. The molecule has 0 spiro atoms. The molecule has 2 amide bonds. The second-order valence-electron chi connectivity index (χ2n) is 4.80. The molecule has 1 atom stereocenters. The van der Waals surface area contributed by atoms with Crippen molar-refractivity contribution in [3.8, 4) is 0 Å². The van der Waals surface area contributed by atoms with Gasteiger partial charge in [0.05, 0.1) is 6.54 Å². The minimum Gasteiger partial charge on any atom is -0.459 e. The van der Waals surface area contributed by atoms with Crippen LogP contribution in [0.25, 0.3) is 0 Å². The van der Waals surface area contributed by atoms with Gasteiger partial charge in [0.1, 0.15) is 18.2 Å². The molecule has 0 bridgehead atoms. The van der Waals surface area contributed by atoms with E-state index in [2.05, 4.69) is 10.6 Å². The first-order chi connectivity index (χ1) is 8.15. The van der Waals surface area contributed by atoms with E-state index in [1.54, 1.807) is 20.8 Å². The number of ether oxygens (including phenoxy) is 1. The molecule has 0 aliphatic heterocycles. The fourth-order valence-electron chi connectivity index (χ4n) is 1.06. The van der Waals surface area contributed by atoms with Gasteiger partial charge in [-0.1, -0.05) is 0 Å². The van der Waals surface area contributed by atoms with Crippen molar-refractivity contribution in [2.24, 2.45) is 5.73 Å². The predicted octanol–water partition coefficient (Wildman–Crippen LogP) is -6.18. The summed E-state index contributed by atoms with van der Waals surface area (Å²) in [6, 6.07) is -0.747. The summed E-state index contributed by atoms with van der Waals surface area (Å²) < 4.78 is 5.01. The molecule has 0 aromatic carbocycles. The molecule has 1 unspecified atom stereocenters. The number of nitrogens with two attached hydrogens (primary N) is 1. The Morgan fingerprint density at radius 1 is 1.14 bits per heavy atom. The molecule has 0 aromatic heterocycles. The average molecular weight is 555 g/mol. The number of nitrogens with one attached hydrogen (secondary N) is 2. The van der Waals surface area contributed by atoms with Gasteiger partial charge in [0.15, 0.2) is 0 Å². The van der Waals surface area contributed by atoms with Crippen molar-refractivity contribution >= 4 is 17.8 Å². The zero-order valence-corrected chi connectivity index (χ0v) is 27.8. The SMILES string of the molecule is CC(NC(=O)CN)C(=O)NCC(=O)OC(C)(C)C.[CH3-].[CH3-].[Cs+].[Cs+]. The number of esters is 1. The average Bonchev–Trinajstić information content (AvgIpc) is 2.23. The van der Waals surface area contributed by atoms with E-state index >= 15 is 0 Å². The van der Waals surface area contributed by atoms with Crippen molar-refractivity contribution in [3.63, 3.8) is 0 Å². The van der Waals surface area contributed by atoms with Gasteiger partial charge in [-0.25, -0.2) is 0 Å². The van der Waals surface area contributed by atoms with Gasteiger partial charge >= 0.3 is 144 Å². The molecular formula is C13H27Cs2N3O4. The minimum absolute atomic E-state index is 0. The van der Waals surface area contributed by atoms with Crippen LogP contribution in [0.2, 0.25) is 0 Å². The first-order valence-electron chi connectivity index (χ1n) is 5.64. The van der Waals surface area contributed by atoms with E-state index in [0.29, 0.717) is 0 Å². The van der Waals surface area contributed by atoms with Crippen LogP contribution in [0, 0.1) is 14.9 Å². The topological polar surface area (TPSA) is 111 Å². The van der Waals surface area contributed by atoms with Crippen LogP contribution >= 0.6 is 0 Å². The third kappa shape index (κ3) is 20.5. The van der Waals surface area contributed by atoms with Gasteiger partial charge in [-0.05, 0) is 27.7 Å². The molecule has 0 saturated carbocycles. The molecule has 0 radical (unpaired) electrons. The van der Waals surface area contributed by atoms with Gasteiger partial charge in [-0.15, -0.1) is 0 Å². The quantitative estimate of drug-likeness (QED) is 0.231. The van der Waals surface area contributed by atoms with Crippen LogP contribution in [0.4, 0.5) is 0 Å². The van der Waals surface area contributed by atoms with Crippen molar-refractivity contribution in [1.29, 1.82) is 0 Å². The third-order valence-electron chi connectivity index (χ3n) is 1.78. The fourth-order valence-corrected chi connectivity index (χ4v) is 1.06. The van der Waals surface area contributed by atoms with Crippen molar-refractivity contribution < 1.29 is 157 Å². The summed E-state index contributed by atoms with van der Waals surface area (Å²) in [4.78, 5) is 33.8. The Kier molecular flexibility index (Phi) is 29.5. The number of hydrogen-bond acceptors (Lipinski definition) is 5. The maximum Gasteiger partial charge on any atom is 1.00 e. The Bertz CT molecular complexity index is 334. The molecule has 22 heavy (non-hydrogen) atoms. The first-order valence-corrected chi connectivity index (χ1v) is 5.64. The van der Waals surface area contributed by atoms with Gasteiger partial charge < -0.3 is 36.0 Å². The predicted molar refractivity (Wildman–Crippen MR) is 78.3 cm³/mol. The van der Waals surface area contributed by atoms with Crippen molar-refractivity contribution in [1.82, 2.24) is 10.6 Å². The molecule has 0 rings (SSSR count). The number of carbonyl (C=O) groups excluding carboxylic acids is 3. The smallest absolute Gasteiger partial charge is 0.459 e. The summed E-state index contributed by atoms with van der Waals surface area (Å²) in [5, 5.41) is 4.74. The van der Waals surface area contributed by atoms with Crippen LogP contribution in [0.5, 0.6) is 0 Å². The van der Waals surface area contributed by atoms with E-state index in [1.165, 1.54) is 6.92 Å². The zero-order valence-electron chi connectivity index (χ0n) is 15.2. The first kappa shape index (κ1) is 35.6. The normalized spacial score (nSPS) is 10.2. The van der Waals surface area contributed by atoms with E-state index < -0.39 is 29.4 Å². The Hall–Kier alpha value is 2.47. The Labute approximate surface area is 252 Å². The van der Waals surface area contributed by atoms with Gasteiger partial charge in [0.2, 0.25) is 11.8 Å². The second kappa shape index (κ2) is 18.3. The maximum atomic E-state index is 11.5. The molecular weight excluding hydrogens is 528 g/mol. The maximum absolute atomic E-state index is 11.5. The molecule has 9 heteroatoms. The molecule has 0 aliphatic carbocycles.